The van der Waals surface area contributed by atoms with Gasteiger partial charge in [0.1, 0.15) is 0 Å². The zero-order chi connectivity index (χ0) is 25.2. The number of amides is 1. The normalized spacial score (nSPS) is 22.9. The summed E-state index contributed by atoms with van der Waals surface area (Å²) in [7, 11) is -3.67. The summed E-state index contributed by atoms with van der Waals surface area (Å²) in [4.78, 5) is 30.5. The lowest BCUT2D eigenvalue weighted by Gasteiger charge is -2.34. The van der Waals surface area contributed by atoms with Gasteiger partial charge >= 0.3 is 0 Å². The average Bonchev–Trinajstić information content (AvgIpc) is 2.80. The van der Waals surface area contributed by atoms with Gasteiger partial charge in [-0.15, -0.1) is 0 Å². The number of aromatic amines is 1. The number of benzene rings is 1. The molecule has 4 rings (SSSR count). The molecule has 0 spiro atoms. The van der Waals surface area contributed by atoms with E-state index >= 15 is 0 Å². The molecule has 9 heteroatoms. The van der Waals surface area contributed by atoms with Crippen LogP contribution in [-0.2, 0) is 10.0 Å². The van der Waals surface area contributed by atoms with Gasteiger partial charge in [-0.05, 0) is 68.2 Å². The lowest BCUT2D eigenvalue weighted by Crippen LogP contribution is -2.40. The van der Waals surface area contributed by atoms with Crippen LogP contribution in [-0.4, -0.2) is 67.8 Å². The number of H-pyrrole nitrogens is 1. The van der Waals surface area contributed by atoms with Crippen LogP contribution >= 0.6 is 0 Å². The fourth-order valence-corrected chi connectivity index (χ4v) is 7.03. The molecule has 1 amide bonds. The molecule has 0 saturated carbocycles. The predicted molar refractivity (Wildman–Crippen MR) is 138 cm³/mol. The van der Waals surface area contributed by atoms with E-state index in [1.165, 1.54) is 28.9 Å². The standard InChI is InChI=1S/C26H38N4O4S/c1-18-7-11-30(12-8-18)35(33,34)21-5-6-24-22(14-21)23(15-25(31)28-24)26(32)27-9-4-10-29-16-19(2)13-20(3)17-29/h5-6,14-15,18-20H,4,7-13,16-17H2,1-3H3,(H,27,32)(H,28,31)/t19-,20+. The highest BCUT2D eigenvalue weighted by molar-refractivity contribution is 7.89. The first-order valence-corrected chi connectivity index (χ1v) is 14.2. The van der Waals surface area contributed by atoms with Crippen molar-refractivity contribution in [2.24, 2.45) is 17.8 Å². The molecular formula is C26H38N4O4S. The van der Waals surface area contributed by atoms with Crippen LogP contribution in [0.1, 0.15) is 56.8 Å². The maximum Gasteiger partial charge on any atom is 0.252 e. The van der Waals surface area contributed by atoms with Crippen molar-refractivity contribution in [2.75, 3.05) is 39.3 Å². The van der Waals surface area contributed by atoms with Crippen LogP contribution < -0.4 is 10.9 Å². The maximum atomic E-state index is 13.2. The summed E-state index contributed by atoms with van der Waals surface area (Å²) in [5.74, 6) is 1.53. The first-order chi connectivity index (χ1) is 16.6. The molecule has 3 heterocycles. The molecule has 35 heavy (non-hydrogen) atoms. The zero-order valence-electron chi connectivity index (χ0n) is 21.0. The number of fused-ring (bicyclic) bond motifs is 1. The van der Waals surface area contributed by atoms with E-state index < -0.39 is 10.0 Å². The summed E-state index contributed by atoms with van der Waals surface area (Å²) in [5.41, 5.74) is 0.262. The summed E-state index contributed by atoms with van der Waals surface area (Å²) >= 11 is 0. The molecule has 2 aromatic rings. The monoisotopic (exact) mass is 502 g/mol. The number of nitrogens with one attached hydrogen (secondary N) is 2. The number of carbonyl (C=O) groups is 1. The lowest BCUT2D eigenvalue weighted by atomic mass is 9.92. The van der Waals surface area contributed by atoms with Crippen molar-refractivity contribution in [2.45, 2.75) is 51.3 Å². The second kappa shape index (κ2) is 10.8. The van der Waals surface area contributed by atoms with Crippen LogP contribution in [0, 0.1) is 17.8 Å². The van der Waals surface area contributed by atoms with Gasteiger partial charge in [0.15, 0.2) is 0 Å². The van der Waals surface area contributed by atoms with Gasteiger partial charge in [-0.3, -0.25) is 9.59 Å². The Morgan fingerprint density at radius 1 is 1.06 bits per heavy atom. The van der Waals surface area contributed by atoms with E-state index in [-0.39, 0.29) is 21.9 Å². The Labute approximate surface area is 208 Å². The van der Waals surface area contributed by atoms with E-state index in [1.807, 2.05) is 0 Å². The highest BCUT2D eigenvalue weighted by Crippen LogP contribution is 2.26. The molecule has 2 N–H and O–H groups in total. The minimum Gasteiger partial charge on any atom is -0.352 e. The summed E-state index contributed by atoms with van der Waals surface area (Å²) in [5, 5.41) is 3.37. The van der Waals surface area contributed by atoms with Gasteiger partial charge in [0.05, 0.1) is 10.5 Å². The first-order valence-electron chi connectivity index (χ1n) is 12.8. The fourth-order valence-electron chi connectivity index (χ4n) is 5.53. The first kappa shape index (κ1) is 25.9. The molecule has 0 radical (unpaired) electrons. The highest BCUT2D eigenvalue weighted by Gasteiger charge is 2.28. The molecule has 2 aliphatic heterocycles. The van der Waals surface area contributed by atoms with Gasteiger partial charge < -0.3 is 15.2 Å². The largest absolute Gasteiger partial charge is 0.352 e. The van der Waals surface area contributed by atoms with E-state index in [9.17, 15) is 18.0 Å². The summed E-state index contributed by atoms with van der Waals surface area (Å²) in [6, 6.07) is 5.86. The third-order valence-electron chi connectivity index (χ3n) is 7.32. The van der Waals surface area contributed by atoms with Crippen LogP contribution in [0.5, 0.6) is 0 Å². The minimum absolute atomic E-state index is 0.147. The van der Waals surface area contributed by atoms with E-state index in [2.05, 4.69) is 36.0 Å². The number of piperidine rings is 2. The smallest absolute Gasteiger partial charge is 0.252 e. The van der Waals surface area contributed by atoms with Crippen molar-refractivity contribution in [1.29, 1.82) is 0 Å². The number of likely N-dealkylation sites (tertiary alicyclic amines) is 1. The van der Waals surface area contributed by atoms with Crippen LogP contribution in [0.15, 0.2) is 34.0 Å². The van der Waals surface area contributed by atoms with Crippen molar-refractivity contribution >= 4 is 26.8 Å². The summed E-state index contributed by atoms with van der Waals surface area (Å²) in [6.07, 6.45) is 3.75. The number of rotatable bonds is 7. The third-order valence-corrected chi connectivity index (χ3v) is 9.22. The highest BCUT2D eigenvalue weighted by atomic mass is 32.2. The Morgan fingerprint density at radius 3 is 2.43 bits per heavy atom. The van der Waals surface area contributed by atoms with Gasteiger partial charge in [-0.2, -0.15) is 4.31 Å². The minimum atomic E-state index is -3.67. The quantitative estimate of drug-likeness (QED) is 0.567. The Bertz CT molecular complexity index is 1210. The molecule has 2 atom stereocenters. The topological polar surface area (TPSA) is 103 Å². The van der Waals surface area contributed by atoms with E-state index in [4.69, 9.17) is 0 Å². The van der Waals surface area contributed by atoms with Crippen LogP contribution in [0.4, 0.5) is 0 Å². The molecule has 2 aliphatic rings. The second-order valence-electron chi connectivity index (χ2n) is 10.7. The lowest BCUT2D eigenvalue weighted by molar-refractivity contribution is 0.0948. The van der Waals surface area contributed by atoms with Crippen molar-refractivity contribution in [3.05, 3.63) is 40.2 Å². The van der Waals surface area contributed by atoms with Gasteiger partial charge in [0, 0.05) is 49.7 Å². The Morgan fingerprint density at radius 2 is 1.74 bits per heavy atom. The molecule has 0 aliphatic carbocycles. The number of aromatic nitrogens is 1. The zero-order valence-corrected chi connectivity index (χ0v) is 21.9. The predicted octanol–water partition coefficient (Wildman–Crippen LogP) is 3.05. The van der Waals surface area contributed by atoms with Crippen LogP contribution in [0.3, 0.4) is 0 Å². The SMILES string of the molecule is CC1CCN(S(=O)(=O)c2ccc3[nH]c(=O)cc(C(=O)NCCCN4C[C@H](C)C[C@H](C)C4)c3c2)CC1. The van der Waals surface area contributed by atoms with E-state index in [1.54, 1.807) is 6.07 Å². The molecule has 0 bridgehead atoms. The second-order valence-corrected chi connectivity index (χ2v) is 12.6. The summed E-state index contributed by atoms with van der Waals surface area (Å²) < 4.78 is 28.0. The fraction of sp³-hybridized carbons (Fsp3) is 0.615. The number of carbonyl (C=O) groups excluding carboxylic acids is 1. The molecule has 2 saturated heterocycles. The Kier molecular flexibility index (Phi) is 7.98. The molecular weight excluding hydrogens is 464 g/mol. The average molecular weight is 503 g/mol. The molecule has 8 nitrogen and oxygen atoms in total. The summed E-state index contributed by atoms with van der Waals surface area (Å²) in [6.45, 7) is 11.3. The van der Waals surface area contributed by atoms with Gasteiger partial charge in [-0.1, -0.05) is 20.8 Å². The number of pyridine rings is 1. The Balaban J connectivity index is 1.48. The molecule has 192 valence electrons. The van der Waals surface area contributed by atoms with Gasteiger partial charge in [-0.25, -0.2) is 8.42 Å². The molecule has 1 aromatic carbocycles. The van der Waals surface area contributed by atoms with E-state index in [0.717, 1.165) is 38.9 Å². The number of hydrogen-bond donors (Lipinski definition) is 2. The van der Waals surface area contributed by atoms with Crippen molar-refractivity contribution in [3.8, 4) is 0 Å². The number of hydrogen-bond acceptors (Lipinski definition) is 5. The van der Waals surface area contributed by atoms with Crippen molar-refractivity contribution in [3.63, 3.8) is 0 Å². The third kappa shape index (κ3) is 6.13. The van der Waals surface area contributed by atoms with E-state index in [0.29, 0.717) is 48.3 Å². The molecule has 1 aromatic heterocycles. The molecule has 0 unspecified atom stereocenters. The van der Waals surface area contributed by atoms with Crippen molar-refractivity contribution < 1.29 is 13.2 Å². The van der Waals surface area contributed by atoms with Crippen LogP contribution in [0.2, 0.25) is 0 Å². The molecule has 2 fully saturated rings. The van der Waals surface area contributed by atoms with Crippen molar-refractivity contribution in [1.82, 2.24) is 19.5 Å². The number of nitrogens with zero attached hydrogens (tertiary/aromatic N) is 2. The van der Waals surface area contributed by atoms with Crippen LogP contribution in [0.25, 0.3) is 10.9 Å². The van der Waals surface area contributed by atoms with Gasteiger partial charge in [0.2, 0.25) is 15.6 Å². The Hall–Kier alpha value is -2.23. The number of sulfonamides is 1. The maximum absolute atomic E-state index is 13.2. The van der Waals surface area contributed by atoms with Gasteiger partial charge in [0.25, 0.3) is 5.91 Å².